The third-order valence-electron chi connectivity index (χ3n) is 4.28. The van der Waals surface area contributed by atoms with Crippen molar-refractivity contribution in [3.05, 3.63) is 35.4 Å². The molecular formula is C17H27ClN2O. The molecule has 118 valence electrons. The predicted octanol–water partition coefficient (Wildman–Crippen LogP) is 2.82. The number of carbonyl (C=O) groups excluding carboxylic acids is 1. The molecule has 4 heteroatoms. The highest BCUT2D eigenvalue weighted by atomic mass is 35.5. The average molecular weight is 311 g/mol. The molecule has 1 atom stereocenters. The number of nitrogens with one attached hydrogen (secondary N) is 2. The van der Waals surface area contributed by atoms with Crippen LogP contribution >= 0.6 is 12.4 Å². The summed E-state index contributed by atoms with van der Waals surface area (Å²) >= 11 is 0. The molecule has 0 spiro atoms. The molecule has 1 aromatic carbocycles. The van der Waals surface area contributed by atoms with Gasteiger partial charge in [-0.05, 0) is 50.8 Å². The van der Waals surface area contributed by atoms with Gasteiger partial charge in [0.1, 0.15) is 0 Å². The van der Waals surface area contributed by atoms with Crippen LogP contribution in [0.3, 0.4) is 0 Å². The van der Waals surface area contributed by atoms with E-state index in [0.717, 1.165) is 37.9 Å². The Labute approximate surface area is 134 Å². The number of halogens is 1. The van der Waals surface area contributed by atoms with Crippen molar-refractivity contribution in [1.82, 2.24) is 10.6 Å². The second kappa shape index (κ2) is 7.81. The summed E-state index contributed by atoms with van der Waals surface area (Å²) in [7, 11) is 0. The lowest BCUT2D eigenvalue weighted by Gasteiger charge is -2.30. The van der Waals surface area contributed by atoms with E-state index in [1.165, 1.54) is 5.56 Å². The third-order valence-corrected chi connectivity index (χ3v) is 4.28. The largest absolute Gasteiger partial charge is 0.351 e. The first kappa shape index (κ1) is 18.0. The highest BCUT2D eigenvalue weighted by Crippen LogP contribution is 2.24. The Morgan fingerprint density at radius 2 is 2.00 bits per heavy atom. The Balaban J connectivity index is 0.00000220. The monoisotopic (exact) mass is 310 g/mol. The number of hydrogen-bond donors (Lipinski definition) is 2. The zero-order valence-electron chi connectivity index (χ0n) is 13.2. The van der Waals surface area contributed by atoms with Crippen molar-refractivity contribution in [3.63, 3.8) is 0 Å². The van der Waals surface area contributed by atoms with Crippen molar-refractivity contribution in [2.75, 3.05) is 13.1 Å². The minimum Gasteiger partial charge on any atom is -0.351 e. The van der Waals surface area contributed by atoms with Crippen LogP contribution in [0.2, 0.25) is 0 Å². The van der Waals surface area contributed by atoms with Gasteiger partial charge in [0.2, 0.25) is 5.91 Å². The molecule has 1 heterocycles. The van der Waals surface area contributed by atoms with Gasteiger partial charge < -0.3 is 10.6 Å². The molecule has 1 saturated heterocycles. The summed E-state index contributed by atoms with van der Waals surface area (Å²) in [5.74, 6) is 0.121. The van der Waals surface area contributed by atoms with Crippen LogP contribution in [0.4, 0.5) is 0 Å². The summed E-state index contributed by atoms with van der Waals surface area (Å²) < 4.78 is 0. The molecule has 0 saturated carbocycles. The van der Waals surface area contributed by atoms with E-state index in [1.54, 1.807) is 0 Å². The van der Waals surface area contributed by atoms with Crippen LogP contribution in [0, 0.1) is 0 Å². The first-order valence-electron chi connectivity index (χ1n) is 7.65. The molecule has 0 bridgehead atoms. The highest BCUT2D eigenvalue weighted by Gasteiger charge is 2.31. The number of rotatable bonds is 4. The van der Waals surface area contributed by atoms with E-state index < -0.39 is 5.41 Å². The standard InChI is InChI=1S/C17H26N2O.ClH/c1-4-13-7-9-14(10-8-13)17(2,3)16(20)19-15-6-5-11-18-12-15;/h7-10,15,18H,4-6,11-12H2,1-3H3,(H,19,20);1H/t15-;/m0./s1. The minimum absolute atomic E-state index is 0. The van der Waals surface area contributed by atoms with Crippen LogP contribution in [0.1, 0.15) is 44.7 Å². The van der Waals surface area contributed by atoms with Crippen molar-refractivity contribution >= 4 is 18.3 Å². The van der Waals surface area contributed by atoms with Crippen LogP contribution in [0.15, 0.2) is 24.3 Å². The summed E-state index contributed by atoms with van der Waals surface area (Å²) in [5.41, 5.74) is 1.90. The van der Waals surface area contributed by atoms with Gasteiger partial charge in [-0.25, -0.2) is 0 Å². The number of amides is 1. The lowest BCUT2D eigenvalue weighted by molar-refractivity contribution is -0.126. The maximum atomic E-state index is 12.5. The molecule has 1 aromatic rings. The Morgan fingerprint density at radius 1 is 1.33 bits per heavy atom. The molecule has 0 radical (unpaired) electrons. The Hall–Kier alpha value is -1.06. The molecule has 1 amide bonds. The summed E-state index contributed by atoms with van der Waals surface area (Å²) in [6.07, 6.45) is 3.24. The number of piperidine rings is 1. The van der Waals surface area contributed by atoms with Crippen molar-refractivity contribution in [1.29, 1.82) is 0 Å². The van der Waals surface area contributed by atoms with Crippen LogP contribution in [0.5, 0.6) is 0 Å². The van der Waals surface area contributed by atoms with Crippen LogP contribution in [0.25, 0.3) is 0 Å². The molecule has 2 rings (SSSR count). The fourth-order valence-electron chi connectivity index (χ4n) is 2.63. The quantitative estimate of drug-likeness (QED) is 0.898. The zero-order chi connectivity index (χ0) is 14.6. The van der Waals surface area contributed by atoms with Gasteiger partial charge in [0, 0.05) is 12.6 Å². The fourth-order valence-corrected chi connectivity index (χ4v) is 2.63. The minimum atomic E-state index is -0.482. The van der Waals surface area contributed by atoms with Crippen LogP contribution in [-0.2, 0) is 16.6 Å². The van der Waals surface area contributed by atoms with E-state index in [9.17, 15) is 4.79 Å². The second-order valence-corrected chi connectivity index (χ2v) is 6.19. The topological polar surface area (TPSA) is 41.1 Å². The van der Waals surface area contributed by atoms with Gasteiger partial charge in [-0.1, -0.05) is 31.2 Å². The highest BCUT2D eigenvalue weighted by molar-refractivity contribution is 5.87. The summed E-state index contributed by atoms with van der Waals surface area (Å²) in [4.78, 5) is 12.5. The van der Waals surface area contributed by atoms with E-state index in [2.05, 4.69) is 41.8 Å². The Morgan fingerprint density at radius 3 is 2.52 bits per heavy atom. The smallest absolute Gasteiger partial charge is 0.230 e. The van der Waals surface area contributed by atoms with Gasteiger partial charge in [-0.3, -0.25) is 4.79 Å². The average Bonchev–Trinajstić information content (AvgIpc) is 2.48. The Bertz CT molecular complexity index is 450. The zero-order valence-corrected chi connectivity index (χ0v) is 14.1. The lowest BCUT2D eigenvalue weighted by Crippen LogP contribution is -2.50. The first-order chi connectivity index (χ1) is 9.54. The maximum absolute atomic E-state index is 12.5. The van der Waals surface area contributed by atoms with E-state index in [4.69, 9.17) is 0 Å². The van der Waals surface area contributed by atoms with Crippen molar-refractivity contribution < 1.29 is 4.79 Å². The van der Waals surface area contributed by atoms with E-state index in [1.807, 2.05) is 13.8 Å². The van der Waals surface area contributed by atoms with Crippen LogP contribution in [-0.4, -0.2) is 25.0 Å². The normalized spacial score (nSPS) is 18.7. The van der Waals surface area contributed by atoms with Crippen molar-refractivity contribution in [2.45, 2.75) is 51.5 Å². The summed E-state index contributed by atoms with van der Waals surface area (Å²) in [5, 5.41) is 6.52. The molecule has 0 unspecified atom stereocenters. The number of benzene rings is 1. The predicted molar refractivity (Wildman–Crippen MR) is 90.1 cm³/mol. The molecule has 0 aliphatic carbocycles. The molecule has 1 fully saturated rings. The summed E-state index contributed by atoms with van der Waals surface area (Å²) in [6, 6.07) is 8.67. The fraction of sp³-hybridized carbons (Fsp3) is 0.588. The molecule has 21 heavy (non-hydrogen) atoms. The molecule has 2 N–H and O–H groups in total. The Kier molecular flexibility index (Phi) is 6.69. The summed E-state index contributed by atoms with van der Waals surface area (Å²) in [6.45, 7) is 8.09. The van der Waals surface area contributed by atoms with E-state index >= 15 is 0 Å². The van der Waals surface area contributed by atoms with Crippen molar-refractivity contribution in [3.8, 4) is 0 Å². The first-order valence-corrected chi connectivity index (χ1v) is 7.65. The molecule has 1 aliphatic rings. The SMILES string of the molecule is CCc1ccc(C(C)(C)C(=O)N[C@H]2CCCNC2)cc1.Cl. The van der Waals surface area contributed by atoms with Gasteiger partial charge in [-0.2, -0.15) is 0 Å². The van der Waals surface area contributed by atoms with Crippen LogP contribution < -0.4 is 10.6 Å². The third kappa shape index (κ3) is 4.45. The molecular weight excluding hydrogens is 284 g/mol. The lowest BCUT2D eigenvalue weighted by atomic mass is 9.83. The molecule has 1 aliphatic heterocycles. The van der Waals surface area contributed by atoms with Gasteiger partial charge in [0.25, 0.3) is 0 Å². The second-order valence-electron chi connectivity index (χ2n) is 6.19. The van der Waals surface area contributed by atoms with Crippen molar-refractivity contribution in [2.24, 2.45) is 0 Å². The van der Waals surface area contributed by atoms with Gasteiger partial charge in [-0.15, -0.1) is 12.4 Å². The van der Waals surface area contributed by atoms with Gasteiger partial charge >= 0.3 is 0 Å². The molecule has 3 nitrogen and oxygen atoms in total. The number of carbonyl (C=O) groups is 1. The number of aryl methyl sites for hydroxylation is 1. The molecule has 0 aromatic heterocycles. The number of hydrogen-bond acceptors (Lipinski definition) is 2. The van der Waals surface area contributed by atoms with E-state index in [-0.39, 0.29) is 24.4 Å². The maximum Gasteiger partial charge on any atom is 0.230 e. The van der Waals surface area contributed by atoms with Gasteiger partial charge in [0.15, 0.2) is 0 Å². The van der Waals surface area contributed by atoms with E-state index in [0.29, 0.717) is 0 Å². The van der Waals surface area contributed by atoms with Gasteiger partial charge in [0.05, 0.1) is 5.41 Å².